The van der Waals surface area contributed by atoms with Crippen molar-refractivity contribution in [1.29, 1.82) is 0 Å². The van der Waals surface area contributed by atoms with Crippen LogP contribution in [0.1, 0.15) is 44.7 Å². The lowest BCUT2D eigenvalue weighted by molar-refractivity contribution is 0.482. The fourth-order valence-corrected chi connectivity index (χ4v) is 1.74. The van der Waals surface area contributed by atoms with Gasteiger partial charge in [-0.1, -0.05) is 52.0 Å². The van der Waals surface area contributed by atoms with Crippen molar-refractivity contribution < 1.29 is 4.74 Å². The lowest BCUT2D eigenvalue weighted by atomic mass is 10.0. The van der Waals surface area contributed by atoms with Gasteiger partial charge in [-0.15, -0.1) is 0 Å². The van der Waals surface area contributed by atoms with Crippen LogP contribution in [0.25, 0.3) is 0 Å². The van der Waals surface area contributed by atoms with Gasteiger partial charge in [0.15, 0.2) is 0 Å². The SMILES string of the molecule is CC.Cc1cccc(Oc2ccc(C(C)C)cc2)c1. The molecule has 0 aromatic heterocycles. The topological polar surface area (TPSA) is 9.23 Å². The minimum absolute atomic E-state index is 0.558. The Morgan fingerprint density at radius 3 is 2.00 bits per heavy atom. The van der Waals surface area contributed by atoms with Crippen molar-refractivity contribution >= 4 is 0 Å². The highest BCUT2D eigenvalue weighted by molar-refractivity contribution is 5.35. The molecule has 1 heteroatoms. The third-order valence-electron chi connectivity index (χ3n) is 2.77. The van der Waals surface area contributed by atoms with Crippen molar-refractivity contribution in [2.24, 2.45) is 0 Å². The molecule has 0 aliphatic heterocycles. The quantitative estimate of drug-likeness (QED) is 0.660. The van der Waals surface area contributed by atoms with Crippen LogP contribution in [0, 0.1) is 6.92 Å². The van der Waals surface area contributed by atoms with E-state index in [4.69, 9.17) is 4.74 Å². The van der Waals surface area contributed by atoms with E-state index in [0.717, 1.165) is 11.5 Å². The normalized spacial score (nSPS) is 9.79. The zero-order chi connectivity index (χ0) is 14.3. The Morgan fingerprint density at radius 2 is 1.47 bits per heavy atom. The van der Waals surface area contributed by atoms with E-state index in [1.54, 1.807) is 0 Å². The lowest BCUT2D eigenvalue weighted by Crippen LogP contribution is -1.88. The van der Waals surface area contributed by atoms with E-state index < -0.39 is 0 Å². The highest BCUT2D eigenvalue weighted by atomic mass is 16.5. The van der Waals surface area contributed by atoms with Crippen molar-refractivity contribution in [3.05, 3.63) is 59.7 Å². The first-order valence-electron chi connectivity index (χ1n) is 6.99. The van der Waals surface area contributed by atoms with Gasteiger partial charge in [-0.05, 0) is 48.2 Å². The molecule has 0 aliphatic rings. The summed E-state index contributed by atoms with van der Waals surface area (Å²) in [6.45, 7) is 10.4. The molecule has 0 atom stereocenters. The van der Waals surface area contributed by atoms with Crippen LogP contribution in [0.4, 0.5) is 0 Å². The molecule has 0 fully saturated rings. The summed E-state index contributed by atoms with van der Waals surface area (Å²) in [4.78, 5) is 0. The first-order valence-corrected chi connectivity index (χ1v) is 6.99. The first kappa shape index (κ1) is 15.3. The molecule has 102 valence electrons. The highest BCUT2D eigenvalue weighted by Gasteiger charge is 2.00. The summed E-state index contributed by atoms with van der Waals surface area (Å²) in [5, 5.41) is 0. The smallest absolute Gasteiger partial charge is 0.127 e. The Hall–Kier alpha value is -1.76. The minimum Gasteiger partial charge on any atom is -0.457 e. The molecule has 2 aromatic carbocycles. The fraction of sp³-hybridized carbons (Fsp3) is 0.333. The van der Waals surface area contributed by atoms with Gasteiger partial charge in [0.1, 0.15) is 11.5 Å². The summed E-state index contributed by atoms with van der Waals surface area (Å²) in [5.74, 6) is 2.34. The summed E-state index contributed by atoms with van der Waals surface area (Å²) in [6, 6.07) is 16.4. The summed E-state index contributed by atoms with van der Waals surface area (Å²) in [7, 11) is 0. The Labute approximate surface area is 117 Å². The largest absolute Gasteiger partial charge is 0.457 e. The Balaban J connectivity index is 0.000000861. The van der Waals surface area contributed by atoms with Crippen molar-refractivity contribution in [3.63, 3.8) is 0 Å². The van der Waals surface area contributed by atoms with E-state index in [-0.39, 0.29) is 0 Å². The van der Waals surface area contributed by atoms with Crippen molar-refractivity contribution in [1.82, 2.24) is 0 Å². The number of hydrogen-bond acceptors (Lipinski definition) is 1. The number of rotatable bonds is 3. The zero-order valence-corrected chi connectivity index (χ0v) is 12.6. The molecule has 2 aromatic rings. The average molecular weight is 256 g/mol. The van der Waals surface area contributed by atoms with Crippen molar-refractivity contribution in [2.45, 2.75) is 40.5 Å². The standard InChI is InChI=1S/C16H18O.C2H6/c1-12(2)14-7-9-15(10-8-14)17-16-6-4-5-13(3)11-16;1-2/h4-12H,1-3H3;1-2H3. The van der Waals surface area contributed by atoms with Gasteiger partial charge >= 0.3 is 0 Å². The van der Waals surface area contributed by atoms with Crippen LogP contribution in [0.15, 0.2) is 48.5 Å². The Kier molecular flexibility index (Phi) is 6.14. The molecule has 0 N–H and O–H groups in total. The third-order valence-corrected chi connectivity index (χ3v) is 2.77. The van der Waals surface area contributed by atoms with E-state index >= 15 is 0 Å². The van der Waals surface area contributed by atoms with E-state index in [2.05, 4.69) is 39.0 Å². The molecule has 0 amide bonds. The van der Waals surface area contributed by atoms with Gasteiger partial charge < -0.3 is 4.74 Å². The van der Waals surface area contributed by atoms with Crippen LogP contribution in [-0.4, -0.2) is 0 Å². The first-order chi connectivity index (χ1) is 9.15. The second-order valence-corrected chi connectivity index (χ2v) is 4.64. The summed E-state index contributed by atoms with van der Waals surface area (Å²) >= 11 is 0. The van der Waals surface area contributed by atoms with Gasteiger partial charge in [0, 0.05) is 0 Å². The van der Waals surface area contributed by atoms with Crippen molar-refractivity contribution in [2.75, 3.05) is 0 Å². The number of aryl methyl sites for hydroxylation is 1. The molecular weight excluding hydrogens is 232 g/mol. The minimum atomic E-state index is 0.558. The zero-order valence-electron chi connectivity index (χ0n) is 12.6. The van der Waals surface area contributed by atoms with Gasteiger partial charge in [0.05, 0.1) is 0 Å². The monoisotopic (exact) mass is 256 g/mol. The van der Waals surface area contributed by atoms with Crippen molar-refractivity contribution in [3.8, 4) is 11.5 Å². The molecular formula is C18H24O. The van der Waals surface area contributed by atoms with E-state index in [9.17, 15) is 0 Å². The molecule has 0 saturated carbocycles. The molecule has 0 saturated heterocycles. The van der Waals surface area contributed by atoms with Crippen LogP contribution in [0.3, 0.4) is 0 Å². The molecule has 2 rings (SSSR count). The molecule has 0 heterocycles. The molecule has 0 unspecified atom stereocenters. The third kappa shape index (κ3) is 4.78. The summed E-state index contributed by atoms with van der Waals surface area (Å²) < 4.78 is 5.79. The van der Waals surface area contributed by atoms with Gasteiger partial charge in [0.25, 0.3) is 0 Å². The number of ether oxygens (including phenoxy) is 1. The molecule has 1 nitrogen and oxygen atoms in total. The van der Waals surface area contributed by atoms with Gasteiger partial charge in [-0.25, -0.2) is 0 Å². The predicted molar refractivity (Wildman–Crippen MR) is 83.1 cm³/mol. The van der Waals surface area contributed by atoms with Gasteiger partial charge in [-0.3, -0.25) is 0 Å². The number of hydrogen-bond donors (Lipinski definition) is 0. The molecule has 0 aliphatic carbocycles. The average Bonchev–Trinajstić information content (AvgIpc) is 2.41. The molecule has 0 radical (unpaired) electrons. The Morgan fingerprint density at radius 1 is 0.842 bits per heavy atom. The maximum atomic E-state index is 5.79. The van der Waals surface area contributed by atoms with Crippen LogP contribution < -0.4 is 4.74 Å². The van der Waals surface area contributed by atoms with Crippen LogP contribution >= 0.6 is 0 Å². The maximum absolute atomic E-state index is 5.79. The highest BCUT2D eigenvalue weighted by Crippen LogP contribution is 2.24. The lowest BCUT2D eigenvalue weighted by Gasteiger charge is -2.09. The second-order valence-electron chi connectivity index (χ2n) is 4.64. The van der Waals surface area contributed by atoms with Gasteiger partial charge in [-0.2, -0.15) is 0 Å². The molecule has 0 bridgehead atoms. The van der Waals surface area contributed by atoms with E-state index in [1.165, 1.54) is 11.1 Å². The van der Waals surface area contributed by atoms with Crippen LogP contribution in [0.5, 0.6) is 11.5 Å². The summed E-state index contributed by atoms with van der Waals surface area (Å²) in [5.41, 5.74) is 2.54. The maximum Gasteiger partial charge on any atom is 0.127 e. The van der Waals surface area contributed by atoms with Gasteiger partial charge in [0.2, 0.25) is 0 Å². The Bertz CT molecular complexity index is 483. The summed E-state index contributed by atoms with van der Waals surface area (Å²) in [6.07, 6.45) is 0. The van der Waals surface area contributed by atoms with E-state index in [0.29, 0.717) is 5.92 Å². The van der Waals surface area contributed by atoms with Crippen LogP contribution in [-0.2, 0) is 0 Å². The van der Waals surface area contributed by atoms with E-state index in [1.807, 2.05) is 44.2 Å². The van der Waals surface area contributed by atoms with Crippen LogP contribution in [0.2, 0.25) is 0 Å². The molecule has 19 heavy (non-hydrogen) atoms. The fourth-order valence-electron chi connectivity index (χ4n) is 1.74. The number of benzene rings is 2. The predicted octanol–water partition coefficient (Wildman–Crippen LogP) is 5.94. The molecule has 0 spiro atoms. The second kappa shape index (κ2) is 7.63.